The standard InChI is InChI=1S/C15H23FN2O2/c1-20-14-4-2-3-12(16)15(14)13(17)7-10-18-8-5-11(19)6-9-18/h2-4,11,13,19H,5-10,17H2,1H3. The van der Waals surface area contributed by atoms with Gasteiger partial charge in [-0.25, -0.2) is 4.39 Å². The highest BCUT2D eigenvalue weighted by Crippen LogP contribution is 2.28. The van der Waals surface area contributed by atoms with Gasteiger partial charge in [0.25, 0.3) is 0 Å². The van der Waals surface area contributed by atoms with Gasteiger partial charge in [-0.05, 0) is 37.9 Å². The first-order valence-electron chi connectivity index (χ1n) is 7.10. The average Bonchev–Trinajstić information content (AvgIpc) is 2.46. The molecule has 0 aromatic heterocycles. The quantitative estimate of drug-likeness (QED) is 0.862. The predicted molar refractivity (Wildman–Crippen MR) is 76.2 cm³/mol. The van der Waals surface area contributed by atoms with Crippen LogP contribution in [0.2, 0.25) is 0 Å². The second-order valence-electron chi connectivity index (χ2n) is 5.32. The van der Waals surface area contributed by atoms with Crippen molar-refractivity contribution in [1.29, 1.82) is 0 Å². The Hall–Kier alpha value is -1.17. The van der Waals surface area contributed by atoms with E-state index in [1.54, 1.807) is 12.1 Å². The van der Waals surface area contributed by atoms with Crippen LogP contribution in [0.4, 0.5) is 4.39 Å². The van der Waals surface area contributed by atoms with Crippen molar-refractivity contribution in [2.45, 2.75) is 31.4 Å². The van der Waals surface area contributed by atoms with Gasteiger partial charge in [0, 0.05) is 24.7 Å². The zero-order chi connectivity index (χ0) is 14.5. The fourth-order valence-electron chi connectivity index (χ4n) is 2.66. The molecule has 1 aliphatic heterocycles. The van der Waals surface area contributed by atoms with Crippen LogP contribution in [-0.2, 0) is 0 Å². The number of hydrogen-bond acceptors (Lipinski definition) is 4. The van der Waals surface area contributed by atoms with Gasteiger partial charge in [-0.3, -0.25) is 0 Å². The zero-order valence-corrected chi connectivity index (χ0v) is 11.9. The molecule has 3 N–H and O–H groups in total. The minimum atomic E-state index is -0.377. The van der Waals surface area contributed by atoms with E-state index < -0.39 is 0 Å². The van der Waals surface area contributed by atoms with Gasteiger partial charge in [-0.15, -0.1) is 0 Å². The molecule has 0 amide bonds. The van der Waals surface area contributed by atoms with Gasteiger partial charge in [0.15, 0.2) is 0 Å². The Bertz CT molecular complexity index is 434. The molecule has 20 heavy (non-hydrogen) atoms. The number of hydrogen-bond donors (Lipinski definition) is 2. The Kier molecular flexibility index (Phi) is 5.34. The molecule has 0 spiro atoms. The minimum Gasteiger partial charge on any atom is -0.496 e. The Labute approximate surface area is 119 Å². The minimum absolute atomic E-state index is 0.174. The van der Waals surface area contributed by atoms with Gasteiger partial charge in [0.1, 0.15) is 11.6 Å². The van der Waals surface area contributed by atoms with E-state index >= 15 is 0 Å². The molecule has 1 atom stereocenters. The number of nitrogens with two attached hydrogens (primary N) is 1. The Morgan fingerprint density at radius 2 is 2.15 bits per heavy atom. The summed E-state index contributed by atoms with van der Waals surface area (Å²) < 4.78 is 19.1. The van der Waals surface area contributed by atoms with E-state index in [0.29, 0.717) is 17.7 Å². The number of nitrogens with zero attached hydrogens (tertiary/aromatic N) is 1. The summed E-state index contributed by atoms with van der Waals surface area (Å²) in [7, 11) is 1.52. The molecule has 0 radical (unpaired) electrons. The number of likely N-dealkylation sites (tertiary alicyclic amines) is 1. The lowest BCUT2D eigenvalue weighted by atomic mass is 10.0. The summed E-state index contributed by atoms with van der Waals surface area (Å²) in [6.07, 6.45) is 2.11. The van der Waals surface area contributed by atoms with Crippen LogP contribution < -0.4 is 10.5 Å². The number of aliphatic hydroxyl groups is 1. The maximum absolute atomic E-state index is 13.9. The van der Waals surface area contributed by atoms with Crippen LogP contribution in [0.15, 0.2) is 18.2 Å². The lowest BCUT2D eigenvalue weighted by molar-refractivity contribution is 0.0811. The van der Waals surface area contributed by atoms with Gasteiger partial charge < -0.3 is 20.5 Å². The van der Waals surface area contributed by atoms with E-state index in [2.05, 4.69) is 4.90 Å². The molecule has 1 aromatic carbocycles. The molecule has 1 fully saturated rings. The lowest BCUT2D eigenvalue weighted by Crippen LogP contribution is -2.37. The third kappa shape index (κ3) is 3.69. The van der Waals surface area contributed by atoms with Crippen molar-refractivity contribution in [2.24, 2.45) is 5.73 Å². The summed E-state index contributed by atoms with van der Waals surface area (Å²) in [6.45, 7) is 2.57. The number of aliphatic hydroxyl groups excluding tert-OH is 1. The highest BCUT2D eigenvalue weighted by atomic mass is 19.1. The van der Waals surface area contributed by atoms with Crippen molar-refractivity contribution in [1.82, 2.24) is 4.90 Å². The Balaban J connectivity index is 1.93. The Morgan fingerprint density at radius 1 is 1.45 bits per heavy atom. The van der Waals surface area contributed by atoms with Crippen LogP contribution in [0, 0.1) is 5.82 Å². The fraction of sp³-hybridized carbons (Fsp3) is 0.600. The van der Waals surface area contributed by atoms with E-state index in [4.69, 9.17) is 10.5 Å². The first-order chi connectivity index (χ1) is 9.61. The van der Waals surface area contributed by atoms with Crippen LogP contribution in [0.3, 0.4) is 0 Å². The monoisotopic (exact) mass is 282 g/mol. The van der Waals surface area contributed by atoms with Gasteiger partial charge in [-0.1, -0.05) is 6.07 Å². The third-order valence-electron chi connectivity index (χ3n) is 3.92. The van der Waals surface area contributed by atoms with Crippen molar-refractivity contribution in [3.8, 4) is 5.75 Å². The second kappa shape index (κ2) is 7.02. The van der Waals surface area contributed by atoms with Crippen LogP contribution >= 0.6 is 0 Å². The molecule has 4 nitrogen and oxygen atoms in total. The van der Waals surface area contributed by atoms with Gasteiger partial charge in [0.2, 0.25) is 0 Å². The largest absolute Gasteiger partial charge is 0.496 e. The number of methoxy groups -OCH3 is 1. The molecule has 1 aromatic rings. The molecule has 112 valence electrons. The van der Waals surface area contributed by atoms with Gasteiger partial charge >= 0.3 is 0 Å². The molecule has 0 bridgehead atoms. The van der Waals surface area contributed by atoms with Crippen molar-refractivity contribution in [3.05, 3.63) is 29.6 Å². The highest BCUT2D eigenvalue weighted by Gasteiger charge is 2.20. The molecule has 1 unspecified atom stereocenters. The summed E-state index contributed by atoms with van der Waals surface area (Å²) in [5, 5.41) is 9.47. The van der Waals surface area contributed by atoms with Gasteiger partial charge in [0.05, 0.1) is 13.2 Å². The smallest absolute Gasteiger partial charge is 0.131 e. The number of benzene rings is 1. The van der Waals surface area contributed by atoms with E-state index in [1.165, 1.54) is 13.2 Å². The SMILES string of the molecule is COc1cccc(F)c1C(N)CCN1CCC(O)CC1. The first kappa shape index (κ1) is 15.2. The normalized spacial score (nSPS) is 19.0. The molecular formula is C15H23FN2O2. The van der Waals surface area contributed by atoms with Crippen LogP contribution in [-0.4, -0.2) is 42.9 Å². The van der Waals surface area contributed by atoms with Crippen LogP contribution in [0.1, 0.15) is 30.9 Å². The van der Waals surface area contributed by atoms with Crippen LogP contribution in [0.25, 0.3) is 0 Å². The summed E-state index contributed by atoms with van der Waals surface area (Å²) in [4.78, 5) is 2.26. The first-order valence-corrected chi connectivity index (χ1v) is 7.10. The maximum atomic E-state index is 13.9. The van der Waals surface area contributed by atoms with E-state index in [-0.39, 0.29) is 18.0 Å². The molecule has 2 rings (SSSR count). The molecule has 1 aliphatic rings. The summed E-state index contributed by atoms with van der Waals surface area (Å²) >= 11 is 0. The number of halogens is 1. The summed E-state index contributed by atoms with van der Waals surface area (Å²) in [6, 6.07) is 4.39. The van der Waals surface area contributed by atoms with Crippen molar-refractivity contribution in [2.75, 3.05) is 26.7 Å². The lowest BCUT2D eigenvalue weighted by Gasteiger charge is -2.30. The highest BCUT2D eigenvalue weighted by molar-refractivity contribution is 5.37. The zero-order valence-electron chi connectivity index (χ0n) is 11.9. The van der Waals surface area contributed by atoms with Crippen molar-refractivity contribution >= 4 is 0 Å². The number of rotatable bonds is 5. The summed E-state index contributed by atoms with van der Waals surface area (Å²) in [5.41, 5.74) is 6.57. The van der Waals surface area contributed by atoms with Crippen LogP contribution in [0.5, 0.6) is 5.75 Å². The molecule has 0 saturated carbocycles. The molecular weight excluding hydrogens is 259 g/mol. The number of piperidine rings is 1. The molecule has 1 heterocycles. The summed E-state index contributed by atoms with van der Waals surface area (Å²) in [5.74, 6) is 0.192. The van der Waals surface area contributed by atoms with Gasteiger partial charge in [-0.2, -0.15) is 0 Å². The van der Waals surface area contributed by atoms with Crippen molar-refractivity contribution < 1.29 is 14.2 Å². The van der Waals surface area contributed by atoms with Crippen molar-refractivity contribution in [3.63, 3.8) is 0 Å². The molecule has 1 saturated heterocycles. The Morgan fingerprint density at radius 3 is 2.80 bits per heavy atom. The third-order valence-corrected chi connectivity index (χ3v) is 3.92. The maximum Gasteiger partial charge on any atom is 0.131 e. The predicted octanol–water partition coefficient (Wildman–Crippen LogP) is 1.68. The van der Waals surface area contributed by atoms with E-state index in [1.807, 2.05) is 0 Å². The van der Waals surface area contributed by atoms with E-state index in [9.17, 15) is 9.50 Å². The van der Waals surface area contributed by atoms with E-state index in [0.717, 1.165) is 32.5 Å². The molecule has 0 aliphatic carbocycles. The number of ether oxygens (including phenoxy) is 1. The molecule has 5 heteroatoms. The average molecular weight is 282 g/mol. The topological polar surface area (TPSA) is 58.7 Å². The second-order valence-corrected chi connectivity index (χ2v) is 5.32. The fourth-order valence-corrected chi connectivity index (χ4v) is 2.66.